The van der Waals surface area contributed by atoms with E-state index in [-0.39, 0.29) is 17.5 Å². The number of carbonyl (C=O) groups excluding carboxylic acids is 1. The number of hydrogen-bond acceptors (Lipinski definition) is 3. The van der Waals surface area contributed by atoms with Gasteiger partial charge in [0.25, 0.3) is 0 Å². The van der Waals surface area contributed by atoms with Gasteiger partial charge in [-0.1, -0.05) is 19.9 Å². The maximum absolute atomic E-state index is 11.8. The van der Waals surface area contributed by atoms with Crippen LogP contribution < -0.4 is 0 Å². The summed E-state index contributed by atoms with van der Waals surface area (Å²) >= 11 is 0. The molecule has 0 amide bonds. The van der Waals surface area contributed by atoms with Crippen molar-refractivity contribution in [1.82, 2.24) is 0 Å². The molecule has 3 aliphatic rings. The van der Waals surface area contributed by atoms with Gasteiger partial charge in [0.15, 0.2) is 0 Å². The molecule has 0 aromatic rings. The minimum atomic E-state index is -0.467. The van der Waals surface area contributed by atoms with Crippen LogP contribution in [0.5, 0.6) is 0 Å². The predicted molar refractivity (Wildman–Crippen MR) is 69.9 cm³/mol. The van der Waals surface area contributed by atoms with E-state index in [2.05, 4.69) is 13.8 Å². The Morgan fingerprint density at radius 2 is 2.11 bits per heavy atom. The van der Waals surface area contributed by atoms with E-state index < -0.39 is 5.41 Å². The molecule has 3 atom stereocenters. The van der Waals surface area contributed by atoms with Gasteiger partial charge in [-0.05, 0) is 50.0 Å². The molecular formula is C15H24O3. The largest absolute Gasteiger partial charge is 0.461 e. The molecule has 3 aliphatic carbocycles. The second kappa shape index (κ2) is 4.09. The first kappa shape index (κ1) is 13.6. The number of carbonyl (C=O) groups is 1. The number of fused-ring (bicyclic) bond motifs is 1. The van der Waals surface area contributed by atoms with Crippen molar-refractivity contribution in [2.45, 2.75) is 47.1 Å². The first-order valence-corrected chi connectivity index (χ1v) is 6.70. The van der Waals surface area contributed by atoms with Crippen LogP contribution in [-0.4, -0.2) is 23.8 Å². The van der Waals surface area contributed by atoms with Crippen molar-refractivity contribution in [1.29, 1.82) is 0 Å². The van der Waals surface area contributed by atoms with Gasteiger partial charge < -0.3 is 9.84 Å². The molecule has 3 rings (SSSR count). The molecule has 0 aromatic carbocycles. The molecule has 1 N–H and O–H groups in total. The normalized spacial score (nSPS) is 33.4. The molecule has 3 heteroatoms. The van der Waals surface area contributed by atoms with Crippen LogP contribution in [0.2, 0.25) is 0 Å². The third-order valence-corrected chi connectivity index (χ3v) is 4.57. The summed E-state index contributed by atoms with van der Waals surface area (Å²) < 4.78 is 5.36. The lowest BCUT2D eigenvalue weighted by Crippen LogP contribution is -2.54. The Bertz CT molecular complexity index is 387. The minimum Gasteiger partial charge on any atom is -0.461 e. The smallest absolute Gasteiger partial charge is 0.311 e. The molecule has 0 spiro atoms. The van der Waals surface area contributed by atoms with E-state index in [1.165, 1.54) is 0 Å². The number of hydrogen-bond donors (Lipinski definition) is 1. The van der Waals surface area contributed by atoms with Crippen molar-refractivity contribution in [2.75, 3.05) is 6.61 Å². The Morgan fingerprint density at radius 1 is 1.50 bits per heavy atom. The van der Waals surface area contributed by atoms with Crippen molar-refractivity contribution in [3.63, 3.8) is 0 Å². The fourth-order valence-corrected chi connectivity index (χ4v) is 3.13. The summed E-state index contributed by atoms with van der Waals surface area (Å²) in [6.45, 7) is 10.3. The summed E-state index contributed by atoms with van der Waals surface area (Å²) in [5.41, 5.74) is 0.760. The van der Waals surface area contributed by atoms with Crippen molar-refractivity contribution < 1.29 is 14.6 Å². The molecule has 0 heterocycles. The lowest BCUT2D eigenvalue weighted by atomic mass is 9.48. The fraction of sp³-hybridized carbons (Fsp3) is 0.800. The zero-order valence-electron chi connectivity index (χ0n) is 12.0. The SMILES string of the molecule is CC(C)(C)C(=O)OCC1=CC(O)[C@H]2C[C@H]1C2(C)C. The molecule has 1 saturated carbocycles. The maximum atomic E-state index is 11.8. The van der Waals surface area contributed by atoms with Crippen LogP contribution in [0, 0.1) is 22.7 Å². The van der Waals surface area contributed by atoms with Gasteiger partial charge in [-0.15, -0.1) is 0 Å². The average Bonchev–Trinajstić information content (AvgIpc) is 2.23. The summed E-state index contributed by atoms with van der Waals surface area (Å²) in [7, 11) is 0. The predicted octanol–water partition coefficient (Wildman–Crippen LogP) is 2.54. The first-order chi connectivity index (χ1) is 8.14. The fourth-order valence-electron chi connectivity index (χ4n) is 3.13. The third kappa shape index (κ3) is 2.09. The highest BCUT2D eigenvalue weighted by molar-refractivity contribution is 5.75. The van der Waals surface area contributed by atoms with E-state index in [1.54, 1.807) is 0 Å². The quantitative estimate of drug-likeness (QED) is 0.607. The number of esters is 1. The van der Waals surface area contributed by atoms with E-state index in [0.717, 1.165) is 12.0 Å². The van der Waals surface area contributed by atoms with Gasteiger partial charge in [-0.25, -0.2) is 0 Å². The molecule has 0 radical (unpaired) electrons. The van der Waals surface area contributed by atoms with Crippen LogP contribution in [-0.2, 0) is 9.53 Å². The van der Waals surface area contributed by atoms with E-state index in [1.807, 2.05) is 26.8 Å². The molecule has 0 saturated heterocycles. The van der Waals surface area contributed by atoms with Gasteiger partial charge in [0.2, 0.25) is 0 Å². The third-order valence-electron chi connectivity index (χ3n) is 4.57. The Labute approximate surface area is 109 Å². The van der Waals surface area contributed by atoms with E-state index in [4.69, 9.17) is 4.74 Å². The highest BCUT2D eigenvalue weighted by Crippen LogP contribution is 2.59. The van der Waals surface area contributed by atoms with Crippen LogP contribution in [0.4, 0.5) is 0 Å². The molecule has 0 aliphatic heterocycles. The second-order valence-corrected chi connectivity index (χ2v) is 7.27. The zero-order chi connectivity index (χ0) is 13.7. The highest BCUT2D eigenvalue weighted by atomic mass is 16.5. The summed E-state index contributed by atoms with van der Waals surface area (Å²) in [6.07, 6.45) is 2.53. The molecule has 3 nitrogen and oxygen atoms in total. The molecule has 2 bridgehead atoms. The highest BCUT2D eigenvalue weighted by Gasteiger charge is 2.55. The van der Waals surface area contributed by atoms with E-state index in [0.29, 0.717) is 18.4 Å². The summed E-state index contributed by atoms with van der Waals surface area (Å²) in [5, 5.41) is 10.0. The topological polar surface area (TPSA) is 46.5 Å². The molecule has 102 valence electrons. The van der Waals surface area contributed by atoms with Crippen molar-refractivity contribution in [3.05, 3.63) is 11.6 Å². The lowest BCUT2D eigenvalue weighted by Gasteiger charge is -2.58. The first-order valence-electron chi connectivity index (χ1n) is 6.70. The molecule has 0 aromatic heterocycles. The zero-order valence-corrected chi connectivity index (χ0v) is 12.0. The van der Waals surface area contributed by atoms with Gasteiger partial charge in [0, 0.05) is 0 Å². The van der Waals surface area contributed by atoms with Gasteiger partial charge in [-0.2, -0.15) is 0 Å². The summed E-state index contributed by atoms with van der Waals surface area (Å²) in [5.74, 6) is 0.639. The number of ether oxygens (including phenoxy) is 1. The minimum absolute atomic E-state index is 0.137. The summed E-state index contributed by atoms with van der Waals surface area (Å²) in [6, 6.07) is 0. The van der Waals surface area contributed by atoms with E-state index >= 15 is 0 Å². The van der Waals surface area contributed by atoms with Gasteiger partial charge >= 0.3 is 5.97 Å². The van der Waals surface area contributed by atoms with Crippen LogP contribution in [0.3, 0.4) is 0 Å². The lowest BCUT2D eigenvalue weighted by molar-refractivity contribution is -0.153. The second-order valence-electron chi connectivity index (χ2n) is 7.27. The standard InChI is InChI=1S/C15H24O3/c1-14(2,3)13(17)18-8-9-6-12(16)11-7-10(9)15(11,4)5/h6,10-12,16H,7-8H2,1-5H3/t10-,11-,12?/m1/s1. The molecule has 18 heavy (non-hydrogen) atoms. The molecular weight excluding hydrogens is 228 g/mol. The molecule has 1 unspecified atom stereocenters. The number of aliphatic hydroxyl groups is 1. The monoisotopic (exact) mass is 252 g/mol. The Hall–Kier alpha value is -0.830. The average molecular weight is 252 g/mol. The van der Waals surface area contributed by atoms with Crippen molar-refractivity contribution in [2.24, 2.45) is 22.7 Å². The van der Waals surface area contributed by atoms with Crippen LogP contribution in [0.15, 0.2) is 11.6 Å². The van der Waals surface area contributed by atoms with Gasteiger partial charge in [0.05, 0.1) is 11.5 Å². The van der Waals surface area contributed by atoms with Crippen LogP contribution in [0.25, 0.3) is 0 Å². The van der Waals surface area contributed by atoms with Crippen LogP contribution in [0.1, 0.15) is 41.0 Å². The molecule has 1 fully saturated rings. The number of rotatable bonds is 2. The maximum Gasteiger partial charge on any atom is 0.311 e. The summed E-state index contributed by atoms with van der Waals surface area (Å²) in [4.78, 5) is 11.8. The van der Waals surface area contributed by atoms with Crippen LogP contribution >= 0.6 is 0 Å². The number of aliphatic hydroxyl groups excluding tert-OH is 1. The Balaban J connectivity index is 2.01. The van der Waals surface area contributed by atoms with Gasteiger partial charge in [0.1, 0.15) is 6.61 Å². The van der Waals surface area contributed by atoms with Gasteiger partial charge in [-0.3, -0.25) is 4.79 Å². The Kier molecular flexibility index (Phi) is 3.09. The van der Waals surface area contributed by atoms with E-state index in [9.17, 15) is 9.90 Å². The Morgan fingerprint density at radius 3 is 2.56 bits per heavy atom. The van der Waals surface area contributed by atoms with Crippen molar-refractivity contribution in [3.8, 4) is 0 Å². The van der Waals surface area contributed by atoms with Crippen molar-refractivity contribution >= 4 is 5.97 Å².